The summed E-state index contributed by atoms with van der Waals surface area (Å²) in [7, 11) is 0. The van der Waals surface area contributed by atoms with Gasteiger partial charge in [0.25, 0.3) is 0 Å². The van der Waals surface area contributed by atoms with E-state index < -0.39 is 0 Å². The molecule has 0 unspecified atom stereocenters. The van der Waals surface area contributed by atoms with Crippen LogP contribution in [0.2, 0.25) is 0 Å². The third-order valence-electron chi connectivity index (χ3n) is 8.42. The highest BCUT2D eigenvalue weighted by molar-refractivity contribution is 6.11. The largest absolute Gasteiger partial charge is 0.436 e. The van der Waals surface area contributed by atoms with Gasteiger partial charge in [-0.1, -0.05) is 109 Å². The second-order valence-electron chi connectivity index (χ2n) is 11.0. The van der Waals surface area contributed by atoms with E-state index in [-0.39, 0.29) is 0 Å². The summed E-state index contributed by atoms with van der Waals surface area (Å²) in [4.78, 5) is 10.2. The Morgan fingerprint density at radius 1 is 0.432 bits per heavy atom. The molecule has 0 aliphatic heterocycles. The van der Waals surface area contributed by atoms with Crippen LogP contribution in [0.4, 0.5) is 0 Å². The molecule has 0 saturated heterocycles. The number of hydrogen-bond acceptors (Lipinski definition) is 3. The second-order valence-corrected chi connectivity index (χ2v) is 11.0. The van der Waals surface area contributed by atoms with Crippen molar-refractivity contribution >= 4 is 44.0 Å². The van der Waals surface area contributed by atoms with E-state index in [1.807, 2.05) is 42.5 Å². The highest BCUT2D eigenvalue weighted by Gasteiger charge is 2.19. The fraction of sp³-hybridized carbons (Fsp3) is 0. The molecule has 3 aromatic heterocycles. The van der Waals surface area contributed by atoms with Crippen molar-refractivity contribution < 1.29 is 4.42 Å². The first kappa shape index (κ1) is 24.6. The van der Waals surface area contributed by atoms with Crippen LogP contribution in [-0.2, 0) is 0 Å². The van der Waals surface area contributed by atoms with Crippen LogP contribution in [0.25, 0.3) is 83.3 Å². The third kappa shape index (κ3) is 3.85. The highest BCUT2D eigenvalue weighted by Crippen LogP contribution is 2.38. The van der Waals surface area contributed by atoms with Gasteiger partial charge in [0.2, 0.25) is 5.71 Å². The Hall–Kier alpha value is -6.00. The Labute approximate surface area is 253 Å². The van der Waals surface area contributed by atoms with E-state index in [2.05, 4.69) is 114 Å². The van der Waals surface area contributed by atoms with E-state index in [1.54, 1.807) is 0 Å². The van der Waals surface area contributed by atoms with Crippen LogP contribution in [0.15, 0.2) is 156 Å². The first-order chi connectivity index (χ1) is 21.8. The first-order valence-electron chi connectivity index (χ1n) is 14.8. The van der Waals surface area contributed by atoms with E-state index >= 15 is 0 Å². The number of furan rings is 1. The molecule has 4 nitrogen and oxygen atoms in total. The lowest BCUT2D eigenvalue weighted by atomic mass is 10.0. The van der Waals surface area contributed by atoms with Crippen LogP contribution in [0.5, 0.6) is 0 Å². The molecule has 4 heteroatoms. The van der Waals surface area contributed by atoms with Gasteiger partial charge in [-0.3, -0.25) is 0 Å². The lowest BCUT2D eigenvalue weighted by Gasteiger charge is -2.09. The molecule has 44 heavy (non-hydrogen) atoms. The van der Waals surface area contributed by atoms with Crippen molar-refractivity contribution in [3.05, 3.63) is 152 Å². The molecule has 6 aromatic carbocycles. The van der Waals surface area contributed by atoms with Gasteiger partial charge in [0.1, 0.15) is 16.8 Å². The topological polar surface area (TPSA) is 43.9 Å². The average Bonchev–Trinajstić information content (AvgIpc) is 3.63. The smallest absolute Gasteiger partial charge is 0.246 e. The van der Waals surface area contributed by atoms with Crippen molar-refractivity contribution in [2.75, 3.05) is 0 Å². The van der Waals surface area contributed by atoms with Crippen molar-refractivity contribution in [3.63, 3.8) is 0 Å². The summed E-state index contributed by atoms with van der Waals surface area (Å²) in [5.74, 6) is 0. The molecule has 0 saturated carbocycles. The monoisotopic (exact) mass is 563 g/mol. The van der Waals surface area contributed by atoms with Gasteiger partial charge in [0.15, 0.2) is 0 Å². The van der Waals surface area contributed by atoms with E-state index in [0.717, 1.165) is 55.8 Å². The lowest BCUT2D eigenvalue weighted by molar-refractivity contribution is 0.653. The van der Waals surface area contributed by atoms with Gasteiger partial charge < -0.3 is 8.98 Å². The highest BCUT2D eigenvalue weighted by atomic mass is 16.3. The minimum atomic E-state index is 0.539. The molecule has 3 heterocycles. The fourth-order valence-electron chi connectivity index (χ4n) is 6.36. The molecular formula is C40H25N3O. The molecular weight excluding hydrogens is 538 g/mol. The molecule has 0 atom stereocenters. The van der Waals surface area contributed by atoms with Gasteiger partial charge in [0, 0.05) is 33.0 Å². The number of nitrogens with zero attached hydrogens (tertiary/aromatic N) is 3. The van der Waals surface area contributed by atoms with Crippen LogP contribution in [0.1, 0.15) is 0 Å². The number of fused-ring (bicyclic) bond motifs is 6. The quantitative estimate of drug-likeness (QED) is 0.214. The van der Waals surface area contributed by atoms with Crippen molar-refractivity contribution in [2.45, 2.75) is 0 Å². The molecule has 0 N–H and O–H groups in total. The Morgan fingerprint density at radius 2 is 1.00 bits per heavy atom. The molecule has 0 aliphatic rings. The summed E-state index contributed by atoms with van der Waals surface area (Å²) < 4.78 is 8.64. The predicted molar refractivity (Wildman–Crippen MR) is 180 cm³/mol. The van der Waals surface area contributed by atoms with Crippen LogP contribution >= 0.6 is 0 Å². The molecule has 0 fully saturated rings. The molecule has 0 spiro atoms. The predicted octanol–water partition coefficient (Wildman–Crippen LogP) is 10.5. The van der Waals surface area contributed by atoms with E-state index in [9.17, 15) is 0 Å². The van der Waals surface area contributed by atoms with Gasteiger partial charge in [-0.25, -0.2) is 9.97 Å². The Bertz CT molecular complexity index is 2480. The average molecular weight is 564 g/mol. The number of rotatable bonds is 4. The number of aromatic nitrogens is 3. The Morgan fingerprint density at radius 3 is 1.73 bits per heavy atom. The van der Waals surface area contributed by atoms with Gasteiger partial charge in [0.05, 0.1) is 16.7 Å². The number of benzene rings is 6. The van der Waals surface area contributed by atoms with Crippen LogP contribution < -0.4 is 0 Å². The normalized spacial score (nSPS) is 11.6. The summed E-state index contributed by atoms with van der Waals surface area (Å²) in [6.45, 7) is 0. The molecule has 0 aliphatic carbocycles. The van der Waals surface area contributed by atoms with Crippen molar-refractivity contribution in [1.29, 1.82) is 0 Å². The Balaban J connectivity index is 1.24. The number of para-hydroxylation sites is 2. The maximum atomic E-state index is 6.30. The minimum absolute atomic E-state index is 0.539. The van der Waals surface area contributed by atoms with E-state index in [4.69, 9.17) is 14.4 Å². The molecule has 9 rings (SSSR count). The molecule has 9 aromatic rings. The standard InChI is InChI=1S/C40H25N3O/c1-4-12-26(13-5-1)37-38(27-14-6-2-7-15-27)42-40-39(41-37)33-25-29(21-23-36(33)44-40)28-20-22-35-32(24-28)31-18-10-11-19-34(31)43(35)30-16-8-3-9-17-30/h1-25H. The zero-order valence-electron chi connectivity index (χ0n) is 23.7. The van der Waals surface area contributed by atoms with Gasteiger partial charge in [-0.05, 0) is 53.6 Å². The summed E-state index contributed by atoms with van der Waals surface area (Å²) in [6.07, 6.45) is 0. The van der Waals surface area contributed by atoms with E-state index in [0.29, 0.717) is 5.71 Å². The van der Waals surface area contributed by atoms with Gasteiger partial charge in [-0.15, -0.1) is 0 Å². The maximum Gasteiger partial charge on any atom is 0.246 e. The zero-order chi connectivity index (χ0) is 29.0. The zero-order valence-corrected chi connectivity index (χ0v) is 23.7. The van der Waals surface area contributed by atoms with Crippen molar-refractivity contribution in [3.8, 4) is 39.3 Å². The Kier molecular flexibility index (Phi) is 5.47. The fourth-order valence-corrected chi connectivity index (χ4v) is 6.36. The molecule has 0 amide bonds. The van der Waals surface area contributed by atoms with Gasteiger partial charge in [-0.2, -0.15) is 0 Å². The molecule has 0 bridgehead atoms. The van der Waals surface area contributed by atoms with Crippen molar-refractivity contribution in [2.24, 2.45) is 0 Å². The lowest BCUT2D eigenvalue weighted by Crippen LogP contribution is -1.94. The summed E-state index contributed by atoms with van der Waals surface area (Å²) in [6, 6.07) is 52.7. The summed E-state index contributed by atoms with van der Waals surface area (Å²) in [5.41, 5.74) is 11.5. The van der Waals surface area contributed by atoms with E-state index in [1.165, 1.54) is 21.8 Å². The maximum absolute atomic E-state index is 6.30. The van der Waals surface area contributed by atoms with Crippen LogP contribution in [-0.4, -0.2) is 14.5 Å². The molecule has 206 valence electrons. The third-order valence-corrected chi connectivity index (χ3v) is 8.42. The molecule has 0 radical (unpaired) electrons. The van der Waals surface area contributed by atoms with Crippen molar-refractivity contribution in [1.82, 2.24) is 14.5 Å². The summed E-state index contributed by atoms with van der Waals surface area (Å²) >= 11 is 0. The van der Waals surface area contributed by atoms with Crippen LogP contribution in [0, 0.1) is 0 Å². The second kappa shape index (κ2) is 9.79. The SMILES string of the molecule is c1ccc(-c2nc3oc4ccc(-c5ccc6c(c5)c5ccccc5n6-c5ccccc5)cc4c3nc2-c2ccccc2)cc1. The summed E-state index contributed by atoms with van der Waals surface area (Å²) in [5, 5.41) is 3.40. The van der Waals surface area contributed by atoms with Gasteiger partial charge >= 0.3 is 0 Å². The van der Waals surface area contributed by atoms with Crippen LogP contribution in [0.3, 0.4) is 0 Å². The number of hydrogen-bond donors (Lipinski definition) is 0. The first-order valence-corrected chi connectivity index (χ1v) is 14.8. The minimum Gasteiger partial charge on any atom is -0.436 e.